The molecule has 0 aliphatic carbocycles. The minimum absolute atomic E-state index is 0.0593. The molecule has 180 valence electrons. The lowest BCUT2D eigenvalue weighted by molar-refractivity contribution is 0.101. The van der Waals surface area contributed by atoms with Gasteiger partial charge in [0.25, 0.3) is 5.56 Å². The monoisotopic (exact) mass is 462 g/mol. The van der Waals surface area contributed by atoms with Gasteiger partial charge < -0.3 is 14.2 Å². The lowest BCUT2D eigenvalue weighted by Crippen LogP contribution is -2.58. The first-order valence-electron chi connectivity index (χ1n) is 12.0. The Morgan fingerprint density at radius 3 is 2.50 bits per heavy atom. The number of benzene rings is 1. The number of ether oxygens (including phenoxy) is 1. The van der Waals surface area contributed by atoms with Crippen LogP contribution in [0, 0.1) is 11.3 Å². The SMILES string of the molecule is CC[C@H]1CN([C@H](C)c2ccc(OC)cc2)[C@H](CC)CN1c1cc(=O)n(C)c2cn(CC#N)nc12. The zero-order valence-corrected chi connectivity index (χ0v) is 20.7. The largest absolute Gasteiger partial charge is 0.497 e. The fourth-order valence-corrected chi connectivity index (χ4v) is 5.14. The highest BCUT2D eigenvalue weighted by molar-refractivity contribution is 5.88. The molecule has 4 rings (SSSR count). The predicted octanol–water partition coefficient (Wildman–Crippen LogP) is 3.71. The molecule has 34 heavy (non-hydrogen) atoms. The summed E-state index contributed by atoms with van der Waals surface area (Å²) in [5.41, 5.74) is 3.62. The lowest BCUT2D eigenvalue weighted by Gasteiger charge is -2.49. The Balaban J connectivity index is 1.70. The van der Waals surface area contributed by atoms with Crippen LogP contribution >= 0.6 is 0 Å². The van der Waals surface area contributed by atoms with Crippen molar-refractivity contribution >= 4 is 16.7 Å². The number of aryl methyl sites for hydroxylation is 1. The van der Waals surface area contributed by atoms with Crippen molar-refractivity contribution < 1.29 is 4.74 Å². The number of pyridine rings is 1. The summed E-state index contributed by atoms with van der Waals surface area (Å²) in [7, 11) is 3.45. The molecule has 1 aromatic carbocycles. The van der Waals surface area contributed by atoms with Crippen molar-refractivity contribution in [1.29, 1.82) is 5.26 Å². The number of fused-ring (bicyclic) bond motifs is 1. The van der Waals surface area contributed by atoms with E-state index in [1.54, 1.807) is 35.7 Å². The van der Waals surface area contributed by atoms with Crippen molar-refractivity contribution in [2.75, 3.05) is 25.1 Å². The number of nitrogens with zero attached hydrogens (tertiary/aromatic N) is 6. The summed E-state index contributed by atoms with van der Waals surface area (Å²) >= 11 is 0. The summed E-state index contributed by atoms with van der Waals surface area (Å²) < 4.78 is 8.56. The van der Waals surface area contributed by atoms with Crippen LogP contribution in [0.15, 0.2) is 41.3 Å². The number of methoxy groups -OCH3 is 1. The first-order valence-corrected chi connectivity index (χ1v) is 12.0. The molecular weight excluding hydrogens is 428 g/mol. The van der Waals surface area contributed by atoms with Gasteiger partial charge in [-0.1, -0.05) is 26.0 Å². The van der Waals surface area contributed by atoms with E-state index < -0.39 is 0 Å². The molecule has 3 atom stereocenters. The average Bonchev–Trinajstić information content (AvgIpc) is 3.29. The molecule has 0 N–H and O–H groups in total. The fourth-order valence-electron chi connectivity index (χ4n) is 5.14. The van der Waals surface area contributed by atoms with E-state index in [1.165, 1.54) is 5.56 Å². The van der Waals surface area contributed by atoms with E-state index in [4.69, 9.17) is 10.00 Å². The molecule has 1 aliphatic heterocycles. The summed E-state index contributed by atoms with van der Waals surface area (Å²) in [4.78, 5) is 17.8. The summed E-state index contributed by atoms with van der Waals surface area (Å²) in [6, 6.07) is 13.0. The first-order chi connectivity index (χ1) is 16.4. The van der Waals surface area contributed by atoms with Crippen molar-refractivity contribution in [2.45, 2.75) is 58.3 Å². The maximum Gasteiger partial charge on any atom is 0.252 e. The maximum atomic E-state index is 12.8. The maximum absolute atomic E-state index is 12.8. The molecule has 8 nitrogen and oxygen atoms in total. The van der Waals surface area contributed by atoms with Gasteiger partial charge in [0, 0.05) is 44.3 Å². The quantitative estimate of drug-likeness (QED) is 0.533. The molecule has 0 radical (unpaired) electrons. The summed E-state index contributed by atoms with van der Waals surface area (Å²) in [5, 5.41) is 13.8. The molecule has 0 bridgehead atoms. The zero-order valence-electron chi connectivity index (χ0n) is 20.7. The zero-order chi connectivity index (χ0) is 24.4. The lowest BCUT2D eigenvalue weighted by atomic mass is 9.96. The highest BCUT2D eigenvalue weighted by Gasteiger charge is 2.36. The Morgan fingerprint density at radius 2 is 1.88 bits per heavy atom. The molecular formula is C26H34N6O2. The van der Waals surface area contributed by atoms with E-state index in [0.29, 0.717) is 6.04 Å². The van der Waals surface area contributed by atoms with Crippen LogP contribution in [0.4, 0.5) is 5.69 Å². The van der Waals surface area contributed by atoms with E-state index >= 15 is 0 Å². The van der Waals surface area contributed by atoms with E-state index in [9.17, 15) is 4.79 Å². The van der Waals surface area contributed by atoms with Crippen LogP contribution in [0.1, 0.15) is 45.2 Å². The van der Waals surface area contributed by atoms with Gasteiger partial charge in [0.1, 0.15) is 17.8 Å². The molecule has 2 aromatic heterocycles. The second-order valence-corrected chi connectivity index (χ2v) is 9.07. The molecule has 3 aromatic rings. The van der Waals surface area contributed by atoms with Crippen LogP contribution in [-0.2, 0) is 13.6 Å². The molecule has 0 spiro atoms. The highest BCUT2D eigenvalue weighted by Crippen LogP contribution is 2.34. The topological polar surface area (TPSA) is 79.3 Å². The van der Waals surface area contributed by atoms with E-state index in [-0.39, 0.29) is 24.2 Å². The number of hydrogen-bond acceptors (Lipinski definition) is 6. The van der Waals surface area contributed by atoms with Crippen LogP contribution in [0.25, 0.3) is 11.0 Å². The average molecular weight is 463 g/mol. The minimum Gasteiger partial charge on any atom is -0.497 e. The molecule has 0 amide bonds. The molecule has 0 unspecified atom stereocenters. The number of aromatic nitrogens is 3. The Labute approximate surface area is 200 Å². The Morgan fingerprint density at radius 1 is 1.18 bits per heavy atom. The third-order valence-electron chi connectivity index (χ3n) is 7.26. The second kappa shape index (κ2) is 9.90. The normalized spacial score (nSPS) is 19.8. The predicted molar refractivity (Wildman–Crippen MR) is 134 cm³/mol. The van der Waals surface area contributed by atoms with Gasteiger partial charge >= 0.3 is 0 Å². The molecule has 3 heterocycles. The molecule has 1 aliphatic rings. The van der Waals surface area contributed by atoms with Gasteiger partial charge in [0.15, 0.2) is 0 Å². The molecule has 8 heteroatoms. The smallest absolute Gasteiger partial charge is 0.252 e. The fraction of sp³-hybridized carbons (Fsp3) is 0.500. The van der Waals surface area contributed by atoms with Crippen molar-refractivity contribution in [3.05, 3.63) is 52.4 Å². The van der Waals surface area contributed by atoms with Gasteiger partial charge in [-0.3, -0.25) is 14.4 Å². The number of piperazine rings is 1. The van der Waals surface area contributed by atoms with Crippen molar-refractivity contribution in [1.82, 2.24) is 19.2 Å². The summed E-state index contributed by atoms with van der Waals surface area (Å²) in [6.45, 7) is 8.58. The van der Waals surface area contributed by atoms with Crippen molar-refractivity contribution in [3.63, 3.8) is 0 Å². The summed E-state index contributed by atoms with van der Waals surface area (Å²) in [6.07, 6.45) is 3.76. The molecule has 0 saturated carbocycles. The van der Waals surface area contributed by atoms with Crippen molar-refractivity contribution in [3.8, 4) is 11.8 Å². The van der Waals surface area contributed by atoms with Gasteiger partial charge in [-0.2, -0.15) is 10.4 Å². The first kappa shape index (κ1) is 23.8. The standard InChI is InChI=1S/C26H34N6O2/c1-6-20-16-32(23-14-25(33)29(4)24-17-30(13-12-27)28-26(23)24)21(7-2)15-31(20)18(3)19-8-10-22(34-5)11-9-19/h8-11,14,17-18,20-21H,6-7,13,15-16H2,1-5H3/t18-,20-,21+/m1/s1. The summed E-state index contributed by atoms with van der Waals surface area (Å²) in [5.74, 6) is 0.866. The van der Waals surface area contributed by atoms with Gasteiger partial charge in [-0.05, 0) is 37.5 Å². The number of rotatable bonds is 7. The minimum atomic E-state index is -0.0593. The van der Waals surface area contributed by atoms with Gasteiger partial charge in [-0.15, -0.1) is 0 Å². The molecule has 1 fully saturated rings. The number of hydrogen-bond donors (Lipinski definition) is 0. The van der Waals surface area contributed by atoms with Crippen LogP contribution in [0.5, 0.6) is 5.75 Å². The second-order valence-electron chi connectivity index (χ2n) is 9.07. The highest BCUT2D eigenvalue weighted by atomic mass is 16.5. The number of anilines is 1. The van der Waals surface area contributed by atoms with Gasteiger partial charge in [-0.25, -0.2) is 0 Å². The Bertz CT molecular complexity index is 1240. The molecule has 1 saturated heterocycles. The third-order valence-corrected chi connectivity index (χ3v) is 7.26. The van der Waals surface area contributed by atoms with Gasteiger partial charge in [0.2, 0.25) is 0 Å². The van der Waals surface area contributed by atoms with Crippen LogP contribution < -0.4 is 15.2 Å². The Kier molecular flexibility index (Phi) is 6.94. The van der Waals surface area contributed by atoms with Crippen LogP contribution in [-0.4, -0.2) is 51.5 Å². The van der Waals surface area contributed by atoms with Crippen LogP contribution in [0.3, 0.4) is 0 Å². The number of nitriles is 1. The third kappa shape index (κ3) is 4.28. The van der Waals surface area contributed by atoms with Crippen molar-refractivity contribution in [2.24, 2.45) is 7.05 Å². The Hall–Kier alpha value is -3.31. The van der Waals surface area contributed by atoms with E-state index in [1.807, 2.05) is 12.1 Å². The van der Waals surface area contributed by atoms with Crippen LogP contribution in [0.2, 0.25) is 0 Å². The van der Waals surface area contributed by atoms with E-state index in [0.717, 1.165) is 48.4 Å². The van der Waals surface area contributed by atoms with Gasteiger partial charge in [0.05, 0.1) is 30.6 Å². The van der Waals surface area contributed by atoms with E-state index in [2.05, 4.69) is 53.9 Å².